The molecule has 0 aliphatic rings. The van der Waals surface area contributed by atoms with E-state index in [9.17, 15) is 0 Å². The molecule has 2 rings (SSSR count). The highest BCUT2D eigenvalue weighted by molar-refractivity contribution is 5.69. The number of imidazole rings is 1. The van der Waals surface area contributed by atoms with E-state index in [1.165, 1.54) is 0 Å². The number of rotatable bonds is 0. The fourth-order valence-electron chi connectivity index (χ4n) is 0.964. The third-order valence-corrected chi connectivity index (χ3v) is 1.47. The van der Waals surface area contributed by atoms with Crippen LogP contribution in [-0.4, -0.2) is 14.5 Å². The summed E-state index contributed by atoms with van der Waals surface area (Å²) in [5.74, 6) is 0. The standard InChI is InChI=1S/C7H7N3.6F2/c1-10-5-9-6-3-2-4-8-7(6)10;6*1-2/h2-5H,1H3;;;;;;. The van der Waals surface area contributed by atoms with Gasteiger partial charge in [-0.3, -0.25) is 0 Å². The molecule has 3 nitrogen and oxygen atoms in total. The van der Waals surface area contributed by atoms with Crippen molar-refractivity contribution < 1.29 is 54.9 Å². The van der Waals surface area contributed by atoms with E-state index in [4.69, 9.17) is 54.9 Å². The lowest BCUT2D eigenvalue weighted by Crippen LogP contribution is -1.85. The van der Waals surface area contributed by atoms with E-state index in [1.807, 2.05) is 23.7 Å². The third-order valence-electron chi connectivity index (χ3n) is 1.47. The van der Waals surface area contributed by atoms with Gasteiger partial charge in [-0.1, -0.05) is 0 Å². The summed E-state index contributed by atoms with van der Waals surface area (Å²) in [6.45, 7) is 0. The summed E-state index contributed by atoms with van der Waals surface area (Å²) in [6, 6.07) is 3.83. The maximum atomic E-state index is 8.00. The molecule has 0 bridgehead atoms. The smallest absolute Gasteiger partial charge is 0.159 e. The van der Waals surface area contributed by atoms with Crippen LogP contribution < -0.4 is 0 Å². The van der Waals surface area contributed by atoms with Gasteiger partial charge in [0, 0.05) is 68.1 Å². The van der Waals surface area contributed by atoms with E-state index in [1.54, 1.807) is 12.5 Å². The number of fused-ring (bicyclic) bond motifs is 1. The molecule has 0 amide bonds. The van der Waals surface area contributed by atoms with Gasteiger partial charge in [0.25, 0.3) is 0 Å². The van der Waals surface area contributed by atoms with Gasteiger partial charge in [0.15, 0.2) is 5.65 Å². The van der Waals surface area contributed by atoms with Gasteiger partial charge in [-0.15, -0.1) is 0 Å². The number of pyridine rings is 1. The van der Waals surface area contributed by atoms with E-state index in [2.05, 4.69) is 9.97 Å². The first-order valence-electron chi connectivity index (χ1n) is 3.96. The van der Waals surface area contributed by atoms with Crippen molar-refractivity contribution >= 4 is 11.2 Å². The van der Waals surface area contributed by atoms with E-state index < -0.39 is 0 Å². The molecule has 2 aromatic rings. The molecule has 0 atom stereocenters. The zero-order chi connectivity index (χ0) is 19.0. The molecule has 0 radical (unpaired) electrons. The first-order valence-corrected chi connectivity index (χ1v) is 3.96. The molecular weight excluding hydrogens is 354 g/mol. The molecular formula is C7H7F12N3. The highest BCUT2D eigenvalue weighted by Gasteiger charge is 1.95. The molecule has 0 aliphatic carbocycles. The predicted octanol–water partition coefficient (Wildman–Crippen LogP) is 6.01. The lowest BCUT2D eigenvalue weighted by molar-refractivity contribution is 0.108. The zero-order valence-corrected chi connectivity index (χ0v) is 10.2. The molecule has 2 aromatic heterocycles. The summed E-state index contributed by atoms with van der Waals surface area (Å²) < 4.78 is 97.9. The van der Waals surface area contributed by atoms with Crippen LogP contribution in [0.15, 0.2) is 24.7 Å². The fourth-order valence-corrected chi connectivity index (χ4v) is 0.964. The van der Waals surface area contributed by atoms with E-state index in [-0.39, 0.29) is 0 Å². The molecule has 2 heterocycles. The Morgan fingerprint density at radius 1 is 0.727 bits per heavy atom. The van der Waals surface area contributed by atoms with Crippen LogP contribution in [0.3, 0.4) is 0 Å². The summed E-state index contributed by atoms with van der Waals surface area (Å²) in [7, 11) is 1.93. The van der Waals surface area contributed by atoms with Crippen LogP contribution in [0.25, 0.3) is 11.2 Å². The van der Waals surface area contributed by atoms with Crippen molar-refractivity contribution in [3.05, 3.63) is 24.7 Å². The Hall–Kier alpha value is -2.22. The van der Waals surface area contributed by atoms with Crippen LogP contribution in [-0.2, 0) is 7.05 Å². The molecule has 134 valence electrons. The average molecular weight is 361 g/mol. The van der Waals surface area contributed by atoms with Crippen molar-refractivity contribution in [3.63, 3.8) is 0 Å². The van der Waals surface area contributed by atoms with Crippen molar-refractivity contribution in [1.29, 1.82) is 0 Å². The Bertz CT molecular complexity index is 372. The Morgan fingerprint density at radius 3 is 1.50 bits per heavy atom. The summed E-state index contributed by atoms with van der Waals surface area (Å²) in [4.78, 5) is 8.26. The van der Waals surface area contributed by atoms with Crippen molar-refractivity contribution in [2.75, 3.05) is 0 Å². The van der Waals surface area contributed by atoms with Gasteiger partial charge in [-0.25, -0.2) is 9.97 Å². The second-order valence-electron chi connectivity index (χ2n) is 2.20. The van der Waals surface area contributed by atoms with Crippen LogP contribution in [0.5, 0.6) is 0 Å². The van der Waals surface area contributed by atoms with Gasteiger partial charge < -0.3 is 4.57 Å². The molecule has 0 spiro atoms. The molecule has 0 aliphatic heterocycles. The normalized spacial score (nSPS) is 6.41. The van der Waals surface area contributed by atoms with Crippen molar-refractivity contribution in [1.82, 2.24) is 14.5 Å². The van der Waals surface area contributed by atoms with Crippen LogP contribution in [0.4, 0.5) is 54.9 Å². The monoisotopic (exact) mass is 361 g/mol. The van der Waals surface area contributed by atoms with E-state index in [0.717, 1.165) is 11.2 Å². The Morgan fingerprint density at radius 2 is 1.14 bits per heavy atom. The maximum Gasteiger partial charge on any atom is 0.159 e. The summed E-state index contributed by atoms with van der Waals surface area (Å²) in [6.07, 6.45) is 3.53. The van der Waals surface area contributed by atoms with E-state index in [0.29, 0.717) is 0 Å². The number of aryl methyl sites for hydroxylation is 1. The van der Waals surface area contributed by atoms with Gasteiger partial charge in [-0.2, -0.15) is 0 Å². The maximum absolute atomic E-state index is 8.00. The number of nitrogens with zero attached hydrogens (tertiary/aromatic N) is 3. The lowest BCUT2D eigenvalue weighted by Gasteiger charge is -1.88. The molecule has 15 heteroatoms. The van der Waals surface area contributed by atoms with Gasteiger partial charge in [0.05, 0.1) is 6.33 Å². The molecule has 0 N–H and O–H groups in total. The highest BCUT2D eigenvalue weighted by atomic mass is 20.0. The van der Waals surface area contributed by atoms with Gasteiger partial charge in [-0.05, 0) is 12.1 Å². The van der Waals surface area contributed by atoms with Crippen LogP contribution in [0.2, 0.25) is 0 Å². The molecule has 0 saturated carbocycles. The second-order valence-corrected chi connectivity index (χ2v) is 2.20. The number of aromatic nitrogens is 3. The lowest BCUT2D eigenvalue weighted by atomic mass is 10.4. The molecule has 0 fully saturated rings. The van der Waals surface area contributed by atoms with Crippen molar-refractivity contribution in [2.24, 2.45) is 7.05 Å². The number of hydrogen-bond acceptors (Lipinski definition) is 2. The Labute approximate surface area is 114 Å². The van der Waals surface area contributed by atoms with Crippen LogP contribution >= 0.6 is 0 Å². The van der Waals surface area contributed by atoms with Crippen molar-refractivity contribution in [3.8, 4) is 0 Å². The minimum absolute atomic E-state index is 0.933. The Kier molecular flexibility index (Phi) is 52.8. The fraction of sp³-hybridized carbons (Fsp3) is 0.143. The van der Waals surface area contributed by atoms with Crippen molar-refractivity contribution in [2.45, 2.75) is 0 Å². The van der Waals surface area contributed by atoms with Crippen LogP contribution in [0, 0.1) is 0 Å². The minimum Gasteiger partial charge on any atom is -0.318 e. The quantitative estimate of drug-likeness (QED) is 0.538. The summed E-state index contributed by atoms with van der Waals surface area (Å²) in [5.41, 5.74) is 1.88. The Balaban J connectivity index is -0.0000000689. The topological polar surface area (TPSA) is 30.7 Å². The average Bonchev–Trinajstić information content (AvgIpc) is 3.07. The number of halogens is 12. The van der Waals surface area contributed by atoms with Gasteiger partial charge in [0.2, 0.25) is 0 Å². The minimum atomic E-state index is 0.933. The van der Waals surface area contributed by atoms with Crippen LogP contribution in [0.1, 0.15) is 0 Å². The molecule has 22 heavy (non-hydrogen) atoms. The van der Waals surface area contributed by atoms with E-state index >= 15 is 0 Å². The highest BCUT2D eigenvalue weighted by Crippen LogP contribution is 2.05. The molecule has 0 unspecified atom stereocenters. The zero-order valence-electron chi connectivity index (χ0n) is 10.2. The summed E-state index contributed by atoms with van der Waals surface area (Å²) in [5, 5.41) is 0. The molecule has 0 saturated heterocycles. The predicted molar refractivity (Wildman–Crippen MR) is 51.8 cm³/mol. The first-order chi connectivity index (χ1) is 10.9. The number of hydrogen-bond donors (Lipinski definition) is 0. The third kappa shape index (κ3) is 15.8. The largest absolute Gasteiger partial charge is 0.318 e. The first kappa shape index (κ1) is 31.9. The van der Waals surface area contributed by atoms with Gasteiger partial charge in [0.1, 0.15) is 5.52 Å². The second kappa shape index (κ2) is 36.3. The van der Waals surface area contributed by atoms with Gasteiger partial charge >= 0.3 is 0 Å². The SMILES string of the molecule is Cn1cnc2cccnc21.FF.FF.FF.FF.FF.FF. The molecule has 0 aromatic carbocycles. The summed E-state index contributed by atoms with van der Waals surface area (Å²) >= 11 is 0.